The number of hydrogen-bond donors (Lipinski definition) is 2. The average molecular weight is 181 g/mol. The van der Waals surface area contributed by atoms with Crippen LogP contribution in [-0.4, -0.2) is 20.9 Å². The largest absolute Gasteiger partial charge is 0.478 e. The summed E-state index contributed by atoms with van der Waals surface area (Å²) in [6, 6.07) is 1.86. The van der Waals surface area contributed by atoms with Gasteiger partial charge in [-0.1, -0.05) is 0 Å². The lowest BCUT2D eigenvalue weighted by Crippen LogP contribution is -2.06. The topological polar surface area (TPSA) is 67.2 Å². The summed E-state index contributed by atoms with van der Waals surface area (Å²) >= 11 is 0. The number of nitrogens with zero attached hydrogens (tertiary/aromatic N) is 2. The van der Waals surface area contributed by atoms with Crippen molar-refractivity contribution in [3.63, 3.8) is 0 Å². The molecule has 1 heterocycles. The molecule has 5 nitrogen and oxygen atoms in total. The molecule has 0 saturated heterocycles. The number of carbonyl (C=O) groups is 1. The number of rotatable bonds is 4. The van der Waals surface area contributed by atoms with Crippen LogP contribution in [0.25, 0.3) is 0 Å². The third-order valence-electron chi connectivity index (χ3n) is 1.40. The van der Waals surface area contributed by atoms with E-state index >= 15 is 0 Å². The highest BCUT2D eigenvalue weighted by Gasteiger charge is 1.93. The molecule has 0 radical (unpaired) electrons. The highest BCUT2D eigenvalue weighted by atomic mass is 16.4. The first-order valence-corrected chi connectivity index (χ1v) is 3.80. The van der Waals surface area contributed by atoms with Gasteiger partial charge in [-0.2, -0.15) is 5.10 Å². The molecule has 0 aliphatic rings. The zero-order valence-corrected chi connectivity index (χ0v) is 7.27. The molecular formula is C8H11N3O2. The Kier molecular flexibility index (Phi) is 3.08. The summed E-state index contributed by atoms with van der Waals surface area (Å²) in [4.78, 5) is 10.1. The molecule has 1 aromatic heterocycles. The fraction of sp³-hybridized carbons (Fsp3) is 0.250. The van der Waals surface area contributed by atoms with Crippen molar-refractivity contribution in [1.82, 2.24) is 15.1 Å². The number of carboxylic acids is 1. The quantitative estimate of drug-likeness (QED) is 0.647. The Bertz CT molecular complexity index is 317. The van der Waals surface area contributed by atoms with E-state index in [0.717, 1.165) is 11.8 Å². The summed E-state index contributed by atoms with van der Waals surface area (Å²) in [5, 5.41) is 15.2. The second kappa shape index (κ2) is 4.30. The van der Waals surface area contributed by atoms with E-state index < -0.39 is 5.97 Å². The predicted molar refractivity (Wildman–Crippen MR) is 46.8 cm³/mol. The number of carboxylic acid groups (broad SMARTS) is 1. The highest BCUT2D eigenvalue weighted by Crippen LogP contribution is 1.92. The Morgan fingerprint density at radius 3 is 3.15 bits per heavy atom. The van der Waals surface area contributed by atoms with Crippen LogP contribution in [-0.2, 0) is 18.4 Å². The van der Waals surface area contributed by atoms with E-state index in [-0.39, 0.29) is 0 Å². The van der Waals surface area contributed by atoms with Crippen molar-refractivity contribution in [2.75, 3.05) is 0 Å². The number of hydrogen-bond acceptors (Lipinski definition) is 3. The van der Waals surface area contributed by atoms with Crippen LogP contribution >= 0.6 is 0 Å². The van der Waals surface area contributed by atoms with Crippen LogP contribution in [0.3, 0.4) is 0 Å². The molecule has 0 aromatic carbocycles. The van der Waals surface area contributed by atoms with Gasteiger partial charge in [0.2, 0.25) is 0 Å². The number of aliphatic carboxylic acids is 1. The van der Waals surface area contributed by atoms with E-state index in [4.69, 9.17) is 5.11 Å². The molecule has 2 N–H and O–H groups in total. The third kappa shape index (κ3) is 3.42. The van der Waals surface area contributed by atoms with Crippen molar-refractivity contribution >= 4 is 5.97 Å². The number of nitrogens with one attached hydrogen (secondary N) is 1. The van der Waals surface area contributed by atoms with E-state index in [1.165, 1.54) is 6.20 Å². The lowest BCUT2D eigenvalue weighted by atomic mass is 10.4. The summed E-state index contributed by atoms with van der Waals surface area (Å²) in [7, 11) is 1.83. The van der Waals surface area contributed by atoms with Crippen LogP contribution in [0.5, 0.6) is 0 Å². The van der Waals surface area contributed by atoms with Crippen molar-refractivity contribution < 1.29 is 9.90 Å². The molecule has 0 spiro atoms. The van der Waals surface area contributed by atoms with Gasteiger partial charge in [0, 0.05) is 25.5 Å². The first-order chi connectivity index (χ1) is 6.18. The van der Waals surface area contributed by atoms with Crippen LogP contribution in [0.2, 0.25) is 0 Å². The molecule has 0 amide bonds. The SMILES string of the molecule is Cn1ccc(CN/C=C/C(=O)O)n1. The molecule has 0 atom stereocenters. The Labute approximate surface area is 75.7 Å². The molecule has 0 aliphatic heterocycles. The second-order valence-electron chi connectivity index (χ2n) is 2.53. The van der Waals surface area contributed by atoms with Crippen LogP contribution < -0.4 is 5.32 Å². The first-order valence-electron chi connectivity index (χ1n) is 3.80. The monoisotopic (exact) mass is 181 g/mol. The van der Waals surface area contributed by atoms with E-state index in [0.29, 0.717) is 6.54 Å². The minimum absolute atomic E-state index is 0.532. The summed E-state index contributed by atoms with van der Waals surface area (Å²) in [6.07, 6.45) is 4.26. The zero-order chi connectivity index (χ0) is 9.68. The van der Waals surface area contributed by atoms with Gasteiger partial charge >= 0.3 is 5.97 Å². The van der Waals surface area contributed by atoms with Gasteiger partial charge in [-0.05, 0) is 6.07 Å². The Morgan fingerprint density at radius 1 is 1.85 bits per heavy atom. The molecule has 5 heteroatoms. The molecule has 0 bridgehead atoms. The molecule has 70 valence electrons. The molecule has 0 unspecified atom stereocenters. The summed E-state index contributed by atoms with van der Waals surface area (Å²) < 4.78 is 1.69. The summed E-state index contributed by atoms with van der Waals surface area (Å²) in [5.74, 6) is -0.964. The number of aromatic nitrogens is 2. The standard InChI is InChI=1S/C8H11N3O2/c1-11-5-3-7(10-11)6-9-4-2-8(12)13/h2-5,9H,6H2,1H3,(H,12,13)/b4-2+. The Balaban J connectivity index is 2.31. The van der Waals surface area contributed by atoms with Gasteiger partial charge in [-0.3, -0.25) is 4.68 Å². The van der Waals surface area contributed by atoms with Gasteiger partial charge < -0.3 is 10.4 Å². The fourth-order valence-electron chi connectivity index (χ4n) is 0.851. The van der Waals surface area contributed by atoms with Crippen LogP contribution in [0.1, 0.15) is 5.69 Å². The Morgan fingerprint density at radius 2 is 2.62 bits per heavy atom. The van der Waals surface area contributed by atoms with Crippen LogP contribution in [0, 0.1) is 0 Å². The molecule has 1 rings (SSSR count). The van der Waals surface area contributed by atoms with Gasteiger partial charge in [-0.15, -0.1) is 0 Å². The molecule has 0 aliphatic carbocycles. The van der Waals surface area contributed by atoms with Gasteiger partial charge in [0.05, 0.1) is 12.2 Å². The lowest BCUT2D eigenvalue weighted by molar-refractivity contribution is -0.131. The van der Waals surface area contributed by atoms with Crippen LogP contribution in [0.15, 0.2) is 24.5 Å². The van der Waals surface area contributed by atoms with Gasteiger partial charge in [-0.25, -0.2) is 4.79 Å². The molecule has 1 aromatic rings. The fourth-order valence-corrected chi connectivity index (χ4v) is 0.851. The predicted octanol–water partition coefficient (Wildman–Crippen LogP) is 0.108. The molecule has 13 heavy (non-hydrogen) atoms. The van der Waals surface area contributed by atoms with E-state index in [9.17, 15) is 4.79 Å². The van der Waals surface area contributed by atoms with Crippen molar-refractivity contribution in [2.24, 2.45) is 7.05 Å². The van der Waals surface area contributed by atoms with E-state index in [2.05, 4.69) is 10.4 Å². The van der Waals surface area contributed by atoms with E-state index in [1.54, 1.807) is 4.68 Å². The summed E-state index contributed by atoms with van der Waals surface area (Å²) in [6.45, 7) is 0.532. The van der Waals surface area contributed by atoms with Gasteiger partial charge in [0.15, 0.2) is 0 Å². The number of aryl methyl sites for hydroxylation is 1. The van der Waals surface area contributed by atoms with E-state index in [1.807, 2.05) is 19.3 Å². The van der Waals surface area contributed by atoms with Crippen LogP contribution in [0.4, 0.5) is 0 Å². The maximum atomic E-state index is 10.1. The molecule has 0 saturated carbocycles. The molecule has 0 fully saturated rings. The van der Waals surface area contributed by atoms with Crippen molar-refractivity contribution in [3.8, 4) is 0 Å². The maximum absolute atomic E-state index is 10.1. The highest BCUT2D eigenvalue weighted by molar-refractivity contribution is 5.79. The Hall–Kier alpha value is -1.78. The normalized spacial score (nSPS) is 10.5. The minimum Gasteiger partial charge on any atom is -0.478 e. The van der Waals surface area contributed by atoms with Crippen molar-refractivity contribution in [1.29, 1.82) is 0 Å². The molecular weight excluding hydrogens is 170 g/mol. The summed E-state index contributed by atoms with van der Waals surface area (Å²) in [5.41, 5.74) is 0.873. The van der Waals surface area contributed by atoms with Gasteiger partial charge in [0.1, 0.15) is 0 Å². The maximum Gasteiger partial charge on any atom is 0.329 e. The zero-order valence-electron chi connectivity index (χ0n) is 7.27. The smallest absolute Gasteiger partial charge is 0.329 e. The lowest BCUT2D eigenvalue weighted by Gasteiger charge is -1.94. The van der Waals surface area contributed by atoms with Gasteiger partial charge in [0.25, 0.3) is 0 Å². The second-order valence-corrected chi connectivity index (χ2v) is 2.53. The van der Waals surface area contributed by atoms with Crippen molar-refractivity contribution in [3.05, 3.63) is 30.2 Å². The first kappa shape index (κ1) is 9.31. The minimum atomic E-state index is -0.964. The average Bonchev–Trinajstić information content (AvgIpc) is 2.45. The van der Waals surface area contributed by atoms with Crippen molar-refractivity contribution in [2.45, 2.75) is 6.54 Å². The third-order valence-corrected chi connectivity index (χ3v) is 1.40.